The van der Waals surface area contributed by atoms with E-state index in [1.165, 1.54) is 12.1 Å². The van der Waals surface area contributed by atoms with Gasteiger partial charge < -0.3 is 15.4 Å². The van der Waals surface area contributed by atoms with Crippen LogP contribution in [0.1, 0.15) is 11.1 Å². The first kappa shape index (κ1) is 19.0. The standard InChI is InChI=1S/C25H17FN6O/c26-15-10-14(11-16(33)12-15)17-4-3-9-28-25-18(17)13-22(30-25)24-23-21(31-32-24)7-6-20(29-23)19-5-1-2-8-27-19/h1-13,28,30,33H,(H,31,32). The van der Waals surface area contributed by atoms with E-state index in [0.29, 0.717) is 16.8 Å². The molecular formula is C25H17FN6O. The van der Waals surface area contributed by atoms with Crippen molar-refractivity contribution in [2.45, 2.75) is 0 Å². The molecule has 7 nitrogen and oxygen atoms in total. The molecule has 0 bridgehead atoms. The summed E-state index contributed by atoms with van der Waals surface area (Å²) >= 11 is 0. The fraction of sp³-hybridized carbons (Fsp3) is 0. The molecule has 6 rings (SSSR count). The smallest absolute Gasteiger partial charge is 0.135 e. The molecule has 0 saturated heterocycles. The molecule has 0 spiro atoms. The first-order valence-corrected chi connectivity index (χ1v) is 10.3. The molecule has 33 heavy (non-hydrogen) atoms. The highest BCUT2D eigenvalue weighted by molar-refractivity contribution is 5.94. The molecule has 8 heteroatoms. The number of phenols is 1. The molecular weight excluding hydrogens is 419 g/mol. The number of nitrogens with one attached hydrogen (secondary N) is 3. The Morgan fingerprint density at radius 2 is 1.91 bits per heavy atom. The molecule has 1 aromatic carbocycles. The molecule has 0 aliphatic carbocycles. The van der Waals surface area contributed by atoms with Crippen molar-refractivity contribution in [3.63, 3.8) is 0 Å². The Morgan fingerprint density at radius 1 is 0.970 bits per heavy atom. The van der Waals surface area contributed by atoms with E-state index in [4.69, 9.17) is 4.98 Å². The minimum atomic E-state index is -0.506. The van der Waals surface area contributed by atoms with Crippen LogP contribution in [-0.2, 0) is 0 Å². The van der Waals surface area contributed by atoms with Crippen molar-refractivity contribution < 1.29 is 9.50 Å². The number of aromatic nitrogens is 5. The number of anilines is 1. The molecule has 4 N–H and O–H groups in total. The van der Waals surface area contributed by atoms with Gasteiger partial charge in [-0.2, -0.15) is 5.10 Å². The normalized spacial score (nSPS) is 12.8. The summed E-state index contributed by atoms with van der Waals surface area (Å²) in [5.74, 6) is 0.0914. The minimum Gasteiger partial charge on any atom is -0.508 e. The lowest BCUT2D eigenvalue weighted by atomic mass is 9.98. The van der Waals surface area contributed by atoms with Crippen LogP contribution in [0.5, 0.6) is 5.75 Å². The second-order valence-electron chi connectivity index (χ2n) is 7.63. The Morgan fingerprint density at radius 3 is 2.76 bits per heavy atom. The summed E-state index contributed by atoms with van der Waals surface area (Å²) in [6, 6.07) is 15.5. The molecule has 0 amide bonds. The lowest BCUT2D eigenvalue weighted by Crippen LogP contribution is -1.92. The van der Waals surface area contributed by atoms with Gasteiger partial charge >= 0.3 is 0 Å². The van der Waals surface area contributed by atoms with E-state index in [9.17, 15) is 9.50 Å². The summed E-state index contributed by atoms with van der Waals surface area (Å²) in [7, 11) is 0. The molecule has 0 unspecified atom stereocenters. The number of pyridine rings is 2. The van der Waals surface area contributed by atoms with E-state index in [0.717, 1.165) is 45.6 Å². The van der Waals surface area contributed by atoms with E-state index < -0.39 is 5.82 Å². The lowest BCUT2D eigenvalue weighted by Gasteiger charge is -2.08. The van der Waals surface area contributed by atoms with Crippen LogP contribution < -0.4 is 5.32 Å². The second-order valence-corrected chi connectivity index (χ2v) is 7.63. The minimum absolute atomic E-state index is 0.131. The van der Waals surface area contributed by atoms with E-state index >= 15 is 0 Å². The van der Waals surface area contributed by atoms with Crippen molar-refractivity contribution in [3.05, 3.63) is 96.1 Å². The van der Waals surface area contributed by atoms with Crippen molar-refractivity contribution in [1.82, 2.24) is 25.1 Å². The van der Waals surface area contributed by atoms with Gasteiger partial charge in [0.25, 0.3) is 0 Å². The third kappa shape index (κ3) is 3.34. The van der Waals surface area contributed by atoms with Gasteiger partial charge in [0, 0.05) is 24.0 Å². The molecule has 1 aliphatic rings. The molecule has 0 fully saturated rings. The maximum absolute atomic E-state index is 14.0. The van der Waals surface area contributed by atoms with Crippen molar-refractivity contribution in [3.8, 4) is 28.5 Å². The van der Waals surface area contributed by atoms with Gasteiger partial charge in [-0.25, -0.2) is 9.37 Å². The Balaban J connectivity index is 1.48. The quantitative estimate of drug-likeness (QED) is 0.310. The van der Waals surface area contributed by atoms with Crippen LogP contribution in [0.15, 0.2) is 79.1 Å². The second kappa shape index (κ2) is 7.45. The van der Waals surface area contributed by atoms with Crippen LogP contribution in [0.25, 0.3) is 39.4 Å². The van der Waals surface area contributed by atoms with Crippen molar-refractivity contribution >= 4 is 22.4 Å². The summed E-state index contributed by atoms with van der Waals surface area (Å²) in [6.45, 7) is 0. The summed E-state index contributed by atoms with van der Waals surface area (Å²) in [4.78, 5) is 12.5. The van der Waals surface area contributed by atoms with Gasteiger partial charge in [0.05, 0.1) is 22.6 Å². The zero-order valence-corrected chi connectivity index (χ0v) is 17.2. The predicted molar refractivity (Wildman–Crippen MR) is 125 cm³/mol. The zero-order chi connectivity index (χ0) is 22.4. The van der Waals surface area contributed by atoms with Crippen LogP contribution in [0.3, 0.4) is 0 Å². The fourth-order valence-electron chi connectivity index (χ4n) is 4.00. The van der Waals surface area contributed by atoms with Gasteiger partial charge in [-0.05, 0) is 59.7 Å². The van der Waals surface area contributed by atoms with Gasteiger partial charge in [-0.3, -0.25) is 10.1 Å². The number of aromatic hydroxyl groups is 1. The van der Waals surface area contributed by atoms with Crippen molar-refractivity contribution in [1.29, 1.82) is 0 Å². The molecule has 0 saturated carbocycles. The van der Waals surface area contributed by atoms with Gasteiger partial charge in [-0.15, -0.1) is 0 Å². The monoisotopic (exact) mass is 436 g/mol. The number of rotatable bonds is 3. The summed E-state index contributed by atoms with van der Waals surface area (Å²) in [6.07, 6.45) is 7.21. The number of H-pyrrole nitrogens is 2. The van der Waals surface area contributed by atoms with Crippen LogP contribution in [0.2, 0.25) is 0 Å². The van der Waals surface area contributed by atoms with Gasteiger partial charge in [0.1, 0.15) is 28.6 Å². The number of fused-ring (bicyclic) bond motifs is 2. The Labute approximate surface area is 187 Å². The van der Waals surface area contributed by atoms with Gasteiger partial charge in [0.2, 0.25) is 0 Å². The highest BCUT2D eigenvalue weighted by atomic mass is 19.1. The Hall–Kier alpha value is -4.72. The lowest BCUT2D eigenvalue weighted by molar-refractivity contribution is 0.469. The number of aromatic amines is 2. The van der Waals surface area contributed by atoms with E-state index in [1.54, 1.807) is 12.4 Å². The fourth-order valence-corrected chi connectivity index (χ4v) is 4.00. The topological polar surface area (TPSA) is 103 Å². The van der Waals surface area contributed by atoms with Crippen molar-refractivity contribution in [2.75, 3.05) is 5.32 Å². The molecule has 1 aliphatic heterocycles. The number of hydrogen-bond donors (Lipinski definition) is 4. The van der Waals surface area contributed by atoms with Crippen LogP contribution in [0, 0.1) is 5.82 Å². The molecule has 0 radical (unpaired) electrons. The Bertz CT molecular complexity index is 1540. The maximum Gasteiger partial charge on any atom is 0.135 e. The largest absolute Gasteiger partial charge is 0.508 e. The molecule has 5 heterocycles. The predicted octanol–water partition coefficient (Wildman–Crippen LogP) is 5.23. The third-order valence-corrected chi connectivity index (χ3v) is 5.48. The average molecular weight is 436 g/mol. The molecule has 0 atom stereocenters. The maximum atomic E-state index is 14.0. The third-order valence-electron chi connectivity index (χ3n) is 5.48. The number of allylic oxidation sites excluding steroid dienone is 2. The van der Waals surface area contributed by atoms with Gasteiger partial charge in [0.15, 0.2) is 0 Å². The average Bonchev–Trinajstić information content (AvgIpc) is 3.37. The molecule has 160 valence electrons. The van der Waals surface area contributed by atoms with Crippen LogP contribution >= 0.6 is 0 Å². The zero-order valence-electron chi connectivity index (χ0n) is 17.2. The number of benzene rings is 1. The SMILES string of the molecule is Oc1cc(F)cc(C2=CC=CNc3[nH]c(-c4n[nH]c5ccc(-c6ccccn6)nc45)cc32)c1. The number of halogens is 1. The highest BCUT2D eigenvalue weighted by Crippen LogP contribution is 2.37. The van der Waals surface area contributed by atoms with E-state index in [1.807, 2.05) is 48.6 Å². The van der Waals surface area contributed by atoms with E-state index in [2.05, 4.69) is 25.5 Å². The van der Waals surface area contributed by atoms with E-state index in [-0.39, 0.29) is 5.75 Å². The molecule has 4 aromatic heterocycles. The summed E-state index contributed by atoms with van der Waals surface area (Å²) in [5, 5.41) is 20.6. The van der Waals surface area contributed by atoms with Crippen LogP contribution in [0.4, 0.5) is 10.2 Å². The number of phenolic OH excluding ortho intramolecular Hbond substituents is 1. The van der Waals surface area contributed by atoms with Crippen molar-refractivity contribution in [2.24, 2.45) is 0 Å². The summed E-state index contributed by atoms with van der Waals surface area (Å²) in [5.41, 5.74) is 6.56. The number of hydrogen-bond acceptors (Lipinski definition) is 5. The number of nitrogens with zero attached hydrogens (tertiary/aromatic N) is 3. The first-order valence-electron chi connectivity index (χ1n) is 10.3. The van der Waals surface area contributed by atoms with Gasteiger partial charge in [-0.1, -0.05) is 12.1 Å². The highest BCUT2D eigenvalue weighted by Gasteiger charge is 2.20. The first-order chi connectivity index (χ1) is 16.2. The summed E-state index contributed by atoms with van der Waals surface area (Å²) < 4.78 is 14.0. The Kier molecular flexibility index (Phi) is 4.29. The molecule has 5 aromatic rings. The van der Waals surface area contributed by atoms with Crippen LogP contribution in [-0.4, -0.2) is 30.3 Å².